The van der Waals surface area contributed by atoms with E-state index in [2.05, 4.69) is 26.2 Å². The highest BCUT2D eigenvalue weighted by atomic mass is 79.9. The van der Waals surface area contributed by atoms with Crippen molar-refractivity contribution in [1.29, 1.82) is 0 Å². The van der Waals surface area contributed by atoms with Gasteiger partial charge in [-0.3, -0.25) is 0 Å². The fourth-order valence-corrected chi connectivity index (χ4v) is 2.52. The number of ether oxygens (including phenoxy) is 3. The number of rotatable bonds is 6. The van der Waals surface area contributed by atoms with E-state index in [1.54, 1.807) is 21.3 Å². The van der Waals surface area contributed by atoms with Gasteiger partial charge in [0.2, 0.25) is 0 Å². The summed E-state index contributed by atoms with van der Waals surface area (Å²) in [6.07, 6.45) is 0. The van der Waals surface area contributed by atoms with Crippen molar-refractivity contribution in [3.63, 3.8) is 0 Å². The zero-order valence-corrected chi connectivity index (χ0v) is 15.4. The van der Waals surface area contributed by atoms with Crippen molar-refractivity contribution in [3.8, 4) is 17.2 Å². The molecule has 2 aromatic rings. The summed E-state index contributed by atoms with van der Waals surface area (Å²) in [7, 11) is 4.81. The van der Waals surface area contributed by atoms with Crippen LogP contribution in [0.4, 0.5) is 5.69 Å². The molecule has 0 saturated heterocycles. The number of aliphatic imine (C=N–C) groups is 1. The largest absolute Gasteiger partial charge is 0.497 e. The second kappa shape index (κ2) is 8.44. The van der Waals surface area contributed by atoms with Gasteiger partial charge in [0, 0.05) is 16.2 Å². The van der Waals surface area contributed by atoms with Crippen LogP contribution in [-0.4, -0.2) is 27.3 Å². The number of nitrogens with two attached hydrogens (primary N) is 1. The normalized spacial score (nSPS) is 11.1. The molecule has 0 aliphatic carbocycles. The summed E-state index contributed by atoms with van der Waals surface area (Å²) in [6.45, 7) is 0.393. The molecule has 2 aromatic carbocycles. The number of hydrogen-bond donors (Lipinski definition) is 2. The van der Waals surface area contributed by atoms with Crippen LogP contribution in [0.2, 0.25) is 0 Å². The molecule has 0 spiro atoms. The molecule has 0 aliphatic rings. The maximum atomic E-state index is 5.95. The van der Waals surface area contributed by atoms with Gasteiger partial charge in [0.1, 0.15) is 5.75 Å². The fraction of sp³-hybridized carbons (Fsp3) is 0.235. The van der Waals surface area contributed by atoms with E-state index in [0.29, 0.717) is 24.0 Å². The average Bonchev–Trinajstić information content (AvgIpc) is 2.60. The van der Waals surface area contributed by atoms with E-state index in [-0.39, 0.29) is 0 Å². The second-order valence-corrected chi connectivity index (χ2v) is 5.71. The predicted octanol–water partition coefficient (Wildman–Crippen LogP) is 3.40. The minimum Gasteiger partial charge on any atom is -0.497 e. The Labute approximate surface area is 149 Å². The van der Waals surface area contributed by atoms with Crippen LogP contribution in [0.3, 0.4) is 0 Å². The van der Waals surface area contributed by atoms with Gasteiger partial charge < -0.3 is 25.3 Å². The predicted molar refractivity (Wildman–Crippen MR) is 99.2 cm³/mol. The van der Waals surface area contributed by atoms with Crippen molar-refractivity contribution in [3.05, 3.63) is 46.4 Å². The third-order valence-corrected chi connectivity index (χ3v) is 4.05. The minimum atomic E-state index is 0.310. The minimum absolute atomic E-state index is 0.310. The molecule has 0 unspecified atom stereocenters. The number of methoxy groups -OCH3 is 3. The van der Waals surface area contributed by atoms with Crippen LogP contribution in [0.15, 0.2) is 45.9 Å². The van der Waals surface area contributed by atoms with Crippen molar-refractivity contribution in [2.24, 2.45) is 10.7 Å². The summed E-state index contributed by atoms with van der Waals surface area (Å²) in [5.41, 5.74) is 7.69. The molecule has 0 amide bonds. The van der Waals surface area contributed by atoms with Gasteiger partial charge in [0.15, 0.2) is 17.5 Å². The lowest BCUT2D eigenvalue weighted by atomic mass is 10.2. The van der Waals surface area contributed by atoms with Crippen LogP contribution in [0.5, 0.6) is 17.2 Å². The topological polar surface area (TPSA) is 78.1 Å². The average molecular weight is 394 g/mol. The lowest BCUT2D eigenvalue weighted by Gasteiger charge is -2.11. The van der Waals surface area contributed by atoms with Gasteiger partial charge in [-0.15, -0.1) is 0 Å². The number of anilines is 1. The third-order valence-electron chi connectivity index (χ3n) is 3.31. The van der Waals surface area contributed by atoms with E-state index < -0.39 is 0 Å². The number of halogens is 1. The van der Waals surface area contributed by atoms with Gasteiger partial charge in [0.25, 0.3) is 0 Å². The molecule has 0 aliphatic heterocycles. The standard InChI is InChI=1S/C17H20BrN3O3/c1-22-13-6-4-5-12(8-13)21-17(19)20-10-11-7-15(23-2)16(24-3)9-14(11)18/h4-9H,10H2,1-3H3,(H3,19,20,21). The molecule has 0 radical (unpaired) electrons. The molecule has 2 rings (SSSR count). The summed E-state index contributed by atoms with van der Waals surface area (Å²) in [6, 6.07) is 11.2. The first-order valence-electron chi connectivity index (χ1n) is 7.18. The van der Waals surface area contributed by atoms with Crippen LogP contribution in [0, 0.1) is 0 Å². The van der Waals surface area contributed by atoms with Crippen LogP contribution >= 0.6 is 15.9 Å². The van der Waals surface area contributed by atoms with Crippen molar-refractivity contribution < 1.29 is 14.2 Å². The number of benzene rings is 2. The van der Waals surface area contributed by atoms with Gasteiger partial charge >= 0.3 is 0 Å². The Morgan fingerprint density at radius 2 is 1.79 bits per heavy atom. The molecule has 7 heteroatoms. The lowest BCUT2D eigenvalue weighted by Crippen LogP contribution is -2.22. The Morgan fingerprint density at radius 3 is 2.46 bits per heavy atom. The van der Waals surface area contributed by atoms with E-state index in [1.807, 2.05) is 36.4 Å². The van der Waals surface area contributed by atoms with E-state index in [0.717, 1.165) is 21.5 Å². The molecule has 3 N–H and O–H groups in total. The molecule has 128 valence electrons. The summed E-state index contributed by atoms with van der Waals surface area (Å²) < 4.78 is 16.6. The van der Waals surface area contributed by atoms with Gasteiger partial charge in [-0.2, -0.15) is 0 Å². The number of hydrogen-bond acceptors (Lipinski definition) is 4. The Morgan fingerprint density at radius 1 is 1.08 bits per heavy atom. The zero-order valence-electron chi connectivity index (χ0n) is 13.8. The summed E-state index contributed by atoms with van der Waals surface area (Å²) in [5, 5.41) is 3.03. The summed E-state index contributed by atoms with van der Waals surface area (Å²) >= 11 is 3.50. The van der Waals surface area contributed by atoms with Gasteiger partial charge in [-0.25, -0.2) is 4.99 Å². The second-order valence-electron chi connectivity index (χ2n) is 4.86. The number of nitrogens with zero attached hydrogens (tertiary/aromatic N) is 1. The molecule has 6 nitrogen and oxygen atoms in total. The Bertz CT molecular complexity index is 735. The number of guanidine groups is 1. The van der Waals surface area contributed by atoms with E-state index >= 15 is 0 Å². The van der Waals surface area contributed by atoms with Crippen molar-refractivity contribution >= 4 is 27.6 Å². The van der Waals surface area contributed by atoms with Crippen LogP contribution in [0.25, 0.3) is 0 Å². The molecule has 0 saturated carbocycles. The summed E-state index contributed by atoms with van der Waals surface area (Å²) in [5.74, 6) is 2.35. The molecule has 0 heterocycles. The fourth-order valence-electron chi connectivity index (χ4n) is 2.08. The van der Waals surface area contributed by atoms with Gasteiger partial charge in [-0.05, 0) is 29.8 Å². The quantitative estimate of drug-likeness (QED) is 0.580. The smallest absolute Gasteiger partial charge is 0.193 e. The lowest BCUT2D eigenvalue weighted by molar-refractivity contribution is 0.354. The first-order chi connectivity index (χ1) is 11.6. The molecule has 0 fully saturated rings. The van der Waals surface area contributed by atoms with Gasteiger partial charge in [-0.1, -0.05) is 22.0 Å². The van der Waals surface area contributed by atoms with Crippen LogP contribution in [-0.2, 0) is 6.54 Å². The van der Waals surface area contributed by atoms with Crippen LogP contribution in [0.1, 0.15) is 5.56 Å². The molecular formula is C17H20BrN3O3. The van der Waals surface area contributed by atoms with E-state index in [1.165, 1.54) is 0 Å². The maximum Gasteiger partial charge on any atom is 0.193 e. The van der Waals surface area contributed by atoms with E-state index in [4.69, 9.17) is 19.9 Å². The highest BCUT2D eigenvalue weighted by molar-refractivity contribution is 9.10. The highest BCUT2D eigenvalue weighted by Crippen LogP contribution is 2.33. The first kappa shape index (κ1) is 17.9. The molecule has 24 heavy (non-hydrogen) atoms. The Kier molecular flexibility index (Phi) is 6.31. The first-order valence-corrected chi connectivity index (χ1v) is 7.98. The molecule has 0 atom stereocenters. The Hall–Kier alpha value is -2.41. The van der Waals surface area contributed by atoms with Gasteiger partial charge in [0.05, 0.1) is 27.9 Å². The molecular weight excluding hydrogens is 374 g/mol. The van der Waals surface area contributed by atoms with Crippen LogP contribution < -0.4 is 25.3 Å². The Balaban J connectivity index is 2.11. The monoisotopic (exact) mass is 393 g/mol. The zero-order chi connectivity index (χ0) is 17.5. The third kappa shape index (κ3) is 4.55. The van der Waals surface area contributed by atoms with Crippen molar-refractivity contribution in [2.45, 2.75) is 6.54 Å². The molecule has 0 bridgehead atoms. The van der Waals surface area contributed by atoms with E-state index in [9.17, 15) is 0 Å². The SMILES string of the molecule is COc1cccc(NC(N)=NCc2cc(OC)c(OC)cc2Br)c1. The number of nitrogens with one attached hydrogen (secondary N) is 1. The van der Waals surface area contributed by atoms with Crippen molar-refractivity contribution in [1.82, 2.24) is 0 Å². The highest BCUT2D eigenvalue weighted by Gasteiger charge is 2.09. The maximum absolute atomic E-state index is 5.95. The summed E-state index contributed by atoms with van der Waals surface area (Å²) in [4.78, 5) is 4.35. The van der Waals surface area contributed by atoms with Crippen molar-refractivity contribution in [2.75, 3.05) is 26.6 Å². The molecule has 0 aromatic heterocycles.